The van der Waals surface area contributed by atoms with Crippen LogP contribution in [0.1, 0.15) is 0 Å². The fourth-order valence-electron chi connectivity index (χ4n) is 2.98. The Balaban J connectivity index is 1.61. The van der Waals surface area contributed by atoms with Crippen molar-refractivity contribution in [2.45, 2.75) is 0 Å². The monoisotopic (exact) mass is 373 g/mol. The summed E-state index contributed by atoms with van der Waals surface area (Å²) in [6, 6.07) is 13.0. The number of anilines is 2. The summed E-state index contributed by atoms with van der Waals surface area (Å²) in [7, 11) is 3.24. The zero-order valence-corrected chi connectivity index (χ0v) is 15.8. The standard InChI is InChI=1S/C19H23N3O3S/c1-24-14-7-8-15(18(13-14)25-2)20-19(26)22-11-9-21(10-12-22)16-5-3-4-6-17(16)23/h3-8,13,23H,9-12H2,1-2H3,(H,20,26). The second-order valence-corrected chi connectivity index (χ2v) is 6.35. The number of ether oxygens (including phenoxy) is 2. The molecule has 3 rings (SSSR count). The van der Waals surface area contributed by atoms with Crippen LogP contribution in [0.5, 0.6) is 17.2 Å². The minimum atomic E-state index is 0.310. The van der Waals surface area contributed by atoms with E-state index in [1.807, 2.05) is 36.4 Å². The summed E-state index contributed by atoms with van der Waals surface area (Å²) < 4.78 is 10.6. The molecule has 1 saturated heterocycles. The Kier molecular flexibility index (Phi) is 5.68. The molecule has 0 saturated carbocycles. The average Bonchev–Trinajstić information content (AvgIpc) is 2.68. The molecule has 0 amide bonds. The van der Waals surface area contributed by atoms with Crippen LogP contribution in [0.4, 0.5) is 11.4 Å². The van der Waals surface area contributed by atoms with Crippen molar-refractivity contribution >= 4 is 28.7 Å². The van der Waals surface area contributed by atoms with Gasteiger partial charge in [-0.1, -0.05) is 12.1 Å². The van der Waals surface area contributed by atoms with Gasteiger partial charge in [-0.15, -0.1) is 0 Å². The number of aromatic hydroxyl groups is 1. The summed E-state index contributed by atoms with van der Waals surface area (Å²) in [6.45, 7) is 3.13. The topological polar surface area (TPSA) is 57.2 Å². The zero-order chi connectivity index (χ0) is 18.5. The Hall–Kier alpha value is -2.67. The third-order valence-electron chi connectivity index (χ3n) is 4.44. The highest BCUT2D eigenvalue weighted by molar-refractivity contribution is 7.80. The normalized spacial score (nSPS) is 14.1. The van der Waals surface area contributed by atoms with Crippen molar-refractivity contribution in [1.29, 1.82) is 0 Å². The molecule has 1 aliphatic rings. The molecular weight excluding hydrogens is 350 g/mol. The number of nitrogens with zero attached hydrogens (tertiary/aromatic N) is 2. The lowest BCUT2D eigenvalue weighted by molar-refractivity contribution is 0.385. The zero-order valence-electron chi connectivity index (χ0n) is 14.9. The number of para-hydroxylation sites is 2. The summed E-state index contributed by atoms with van der Waals surface area (Å²) in [5.41, 5.74) is 1.67. The molecule has 0 unspecified atom stereocenters. The number of nitrogens with one attached hydrogen (secondary N) is 1. The van der Waals surface area contributed by atoms with E-state index in [2.05, 4.69) is 15.1 Å². The smallest absolute Gasteiger partial charge is 0.173 e. The Bertz CT molecular complexity index is 776. The van der Waals surface area contributed by atoms with Crippen LogP contribution in [0.25, 0.3) is 0 Å². The SMILES string of the molecule is COc1ccc(NC(=S)N2CCN(c3ccccc3O)CC2)c(OC)c1. The van der Waals surface area contributed by atoms with E-state index in [-0.39, 0.29) is 0 Å². The quantitative estimate of drug-likeness (QED) is 0.799. The summed E-state index contributed by atoms with van der Waals surface area (Å²) in [5.74, 6) is 1.72. The molecular formula is C19H23N3O3S. The predicted octanol–water partition coefficient (Wildman–Crippen LogP) is 2.93. The van der Waals surface area contributed by atoms with Gasteiger partial charge in [-0.05, 0) is 36.5 Å². The van der Waals surface area contributed by atoms with Crippen LogP contribution >= 0.6 is 12.2 Å². The highest BCUT2D eigenvalue weighted by Gasteiger charge is 2.21. The van der Waals surface area contributed by atoms with Crippen LogP contribution in [-0.2, 0) is 0 Å². The van der Waals surface area contributed by atoms with Crippen LogP contribution < -0.4 is 19.7 Å². The molecule has 1 heterocycles. The summed E-state index contributed by atoms with van der Waals surface area (Å²) in [4.78, 5) is 4.29. The molecule has 26 heavy (non-hydrogen) atoms. The van der Waals surface area contributed by atoms with Crippen molar-refractivity contribution in [1.82, 2.24) is 4.90 Å². The number of rotatable bonds is 4. The third kappa shape index (κ3) is 3.94. The number of hydrogen-bond donors (Lipinski definition) is 2. The molecule has 6 nitrogen and oxygen atoms in total. The lowest BCUT2D eigenvalue weighted by atomic mass is 10.2. The van der Waals surface area contributed by atoms with Crippen molar-refractivity contribution in [2.24, 2.45) is 0 Å². The molecule has 0 spiro atoms. The van der Waals surface area contributed by atoms with Gasteiger partial charge in [0, 0.05) is 32.2 Å². The van der Waals surface area contributed by atoms with Crippen molar-refractivity contribution in [3.63, 3.8) is 0 Å². The fourth-order valence-corrected chi connectivity index (χ4v) is 3.27. The Morgan fingerprint density at radius 3 is 2.42 bits per heavy atom. The van der Waals surface area contributed by atoms with Gasteiger partial charge >= 0.3 is 0 Å². The molecule has 1 aliphatic heterocycles. The summed E-state index contributed by atoms with van der Waals surface area (Å²) >= 11 is 5.57. The van der Waals surface area contributed by atoms with Crippen molar-refractivity contribution in [2.75, 3.05) is 50.6 Å². The van der Waals surface area contributed by atoms with E-state index < -0.39 is 0 Å². The first-order chi connectivity index (χ1) is 12.6. The molecule has 0 radical (unpaired) electrons. The van der Waals surface area contributed by atoms with E-state index in [1.165, 1.54) is 0 Å². The number of hydrogen-bond acceptors (Lipinski definition) is 5. The van der Waals surface area contributed by atoms with Crippen molar-refractivity contribution < 1.29 is 14.6 Å². The van der Waals surface area contributed by atoms with E-state index >= 15 is 0 Å². The van der Waals surface area contributed by atoms with Crippen LogP contribution in [0.15, 0.2) is 42.5 Å². The van der Waals surface area contributed by atoms with Gasteiger partial charge in [-0.25, -0.2) is 0 Å². The van der Waals surface area contributed by atoms with Gasteiger partial charge in [-0.2, -0.15) is 0 Å². The molecule has 0 atom stereocenters. The maximum Gasteiger partial charge on any atom is 0.173 e. The largest absolute Gasteiger partial charge is 0.506 e. The summed E-state index contributed by atoms with van der Waals surface area (Å²) in [6.07, 6.45) is 0. The van der Waals surface area contributed by atoms with E-state index in [1.54, 1.807) is 20.3 Å². The van der Waals surface area contributed by atoms with E-state index in [0.717, 1.165) is 43.3 Å². The Morgan fingerprint density at radius 2 is 1.77 bits per heavy atom. The fraction of sp³-hybridized carbons (Fsp3) is 0.316. The third-order valence-corrected chi connectivity index (χ3v) is 4.80. The first-order valence-corrected chi connectivity index (χ1v) is 8.84. The highest BCUT2D eigenvalue weighted by Crippen LogP contribution is 2.30. The van der Waals surface area contributed by atoms with Crippen molar-refractivity contribution in [3.8, 4) is 17.2 Å². The molecule has 0 bridgehead atoms. The van der Waals surface area contributed by atoms with Crippen molar-refractivity contribution in [3.05, 3.63) is 42.5 Å². The molecule has 2 aromatic carbocycles. The predicted molar refractivity (Wildman–Crippen MR) is 108 cm³/mol. The lowest BCUT2D eigenvalue weighted by Crippen LogP contribution is -2.50. The number of phenols is 1. The van der Waals surface area contributed by atoms with E-state index in [0.29, 0.717) is 16.6 Å². The van der Waals surface area contributed by atoms with Gasteiger partial charge in [0.1, 0.15) is 17.2 Å². The van der Waals surface area contributed by atoms with E-state index in [9.17, 15) is 5.11 Å². The molecule has 138 valence electrons. The highest BCUT2D eigenvalue weighted by atomic mass is 32.1. The molecule has 0 aliphatic carbocycles. The number of phenolic OH excluding ortho intramolecular Hbond substituents is 1. The first-order valence-electron chi connectivity index (χ1n) is 8.43. The van der Waals surface area contributed by atoms with Crippen LogP contribution in [0.3, 0.4) is 0 Å². The number of piperazine rings is 1. The number of benzene rings is 2. The van der Waals surface area contributed by atoms with Crippen LogP contribution in [-0.4, -0.2) is 55.5 Å². The molecule has 0 aromatic heterocycles. The molecule has 7 heteroatoms. The average molecular weight is 373 g/mol. The van der Waals surface area contributed by atoms with Crippen LogP contribution in [0, 0.1) is 0 Å². The van der Waals surface area contributed by atoms with Crippen LogP contribution in [0.2, 0.25) is 0 Å². The first kappa shape index (κ1) is 18.1. The van der Waals surface area contributed by atoms with Gasteiger partial charge in [0.15, 0.2) is 5.11 Å². The van der Waals surface area contributed by atoms with Gasteiger partial charge in [0.2, 0.25) is 0 Å². The minimum Gasteiger partial charge on any atom is -0.506 e. The van der Waals surface area contributed by atoms with E-state index in [4.69, 9.17) is 21.7 Å². The maximum absolute atomic E-state index is 10.0. The summed E-state index contributed by atoms with van der Waals surface area (Å²) in [5, 5.41) is 13.9. The number of thiocarbonyl (C=S) groups is 1. The Labute approximate surface area is 158 Å². The number of methoxy groups -OCH3 is 2. The minimum absolute atomic E-state index is 0.310. The maximum atomic E-state index is 10.0. The molecule has 2 N–H and O–H groups in total. The molecule has 1 fully saturated rings. The van der Waals surface area contributed by atoms with Gasteiger partial charge in [0.05, 0.1) is 25.6 Å². The van der Waals surface area contributed by atoms with Gasteiger partial charge in [-0.3, -0.25) is 0 Å². The lowest BCUT2D eigenvalue weighted by Gasteiger charge is -2.37. The second kappa shape index (κ2) is 8.14. The van der Waals surface area contributed by atoms with Gasteiger partial charge < -0.3 is 29.7 Å². The van der Waals surface area contributed by atoms with Gasteiger partial charge in [0.25, 0.3) is 0 Å². The Morgan fingerprint density at radius 1 is 1.04 bits per heavy atom. The second-order valence-electron chi connectivity index (χ2n) is 5.96. The molecule has 2 aromatic rings.